The van der Waals surface area contributed by atoms with Gasteiger partial charge >= 0.3 is 0 Å². The molecule has 0 amide bonds. The number of furan rings is 1. The minimum absolute atomic E-state index is 0.763. The molecule has 4 nitrogen and oxygen atoms in total. The second-order valence-corrected chi connectivity index (χ2v) is 4.41. The number of ether oxygens (including phenoxy) is 1. The Labute approximate surface area is 110 Å². The summed E-state index contributed by atoms with van der Waals surface area (Å²) in [7, 11) is 1.73. The fourth-order valence-electron chi connectivity index (χ4n) is 1.78. The average Bonchev–Trinajstić information content (AvgIpc) is 2.82. The molecule has 1 rings (SSSR count). The van der Waals surface area contributed by atoms with E-state index in [0.29, 0.717) is 0 Å². The molecule has 1 heterocycles. The number of rotatable bonds is 10. The van der Waals surface area contributed by atoms with Crippen molar-refractivity contribution in [3.63, 3.8) is 0 Å². The molecule has 1 N–H and O–H groups in total. The molecule has 0 fully saturated rings. The molecule has 1 aromatic rings. The third kappa shape index (κ3) is 5.67. The molecular weight excluding hydrogens is 228 g/mol. The first-order chi connectivity index (χ1) is 8.80. The Balaban J connectivity index is 2.36. The Kier molecular flexibility index (Phi) is 7.73. The molecule has 0 spiro atoms. The molecule has 0 aliphatic heterocycles. The van der Waals surface area contributed by atoms with Gasteiger partial charge in [0.15, 0.2) is 0 Å². The number of hydrogen-bond donors (Lipinski definition) is 1. The van der Waals surface area contributed by atoms with Gasteiger partial charge in [-0.25, -0.2) is 0 Å². The van der Waals surface area contributed by atoms with Crippen LogP contribution >= 0.6 is 0 Å². The lowest BCUT2D eigenvalue weighted by molar-refractivity contribution is 0.142. The lowest BCUT2D eigenvalue weighted by Gasteiger charge is -2.18. The van der Waals surface area contributed by atoms with Crippen LogP contribution in [0.4, 0.5) is 0 Å². The van der Waals surface area contributed by atoms with Crippen molar-refractivity contribution in [3.8, 4) is 0 Å². The Morgan fingerprint density at radius 1 is 1.28 bits per heavy atom. The number of likely N-dealkylation sites (N-methyl/N-ethyl adjacent to an activating group) is 1. The van der Waals surface area contributed by atoms with Gasteiger partial charge in [0.2, 0.25) is 0 Å². The van der Waals surface area contributed by atoms with Crippen molar-refractivity contribution in [2.75, 3.05) is 33.4 Å². The first-order valence-corrected chi connectivity index (χ1v) is 6.79. The zero-order chi connectivity index (χ0) is 13.2. The molecule has 0 aromatic carbocycles. The van der Waals surface area contributed by atoms with Crippen molar-refractivity contribution in [2.45, 2.75) is 33.4 Å². The van der Waals surface area contributed by atoms with Gasteiger partial charge in [-0.15, -0.1) is 0 Å². The summed E-state index contributed by atoms with van der Waals surface area (Å²) < 4.78 is 10.9. The van der Waals surface area contributed by atoms with Crippen LogP contribution in [0.25, 0.3) is 0 Å². The van der Waals surface area contributed by atoms with Crippen LogP contribution in [0.15, 0.2) is 16.5 Å². The molecule has 0 saturated heterocycles. The van der Waals surface area contributed by atoms with Gasteiger partial charge in [-0.2, -0.15) is 0 Å². The molecular formula is C14H26N2O2. The standard InChI is InChI=1S/C14H26N2O2/c1-4-8-15-11-13-6-7-14(18-13)12-16(5-2)9-10-17-3/h6-7,15H,4-5,8-12H2,1-3H3. The van der Waals surface area contributed by atoms with E-state index in [-0.39, 0.29) is 0 Å². The fourth-order valence-corrected chi connectivity index (χ4v) is 1.78. The van der Waals surface area contributed by atoms with E-state index in [1.54, 1.807) is 7.11 Å². The van der Waals surface area contributed by atoms with Gasteiger partial charge in [0.1, 0.15) is 11.5 Å². The summed E-state index contributed by atoms with van der Waals surface area (Å²) in [6.45, 7) is 9.73. The summed E-state index contributed by atoms with van der Waals surface area (Å²) in [6, 6.07) is 4.13. The van der Waals surface area contributed by atoms with Crippen LogP contribution in [0.1, 0.15) is 31.8 Å². The van der Waals surface area contributed by atoms with E-state index >= 15 is 0 Å². The maximum Gasteiger partial charge on any atom is 0.118 e. The van der Waals surface area contributed by atoms with Crippen molar-refractivity contribution in [1.29, 1.82) is 0 Å². The van der Waals surface area contributed by atoms with E-state index in [1.165, 1.54) is 0 Å². The van der Waals surface area contributed by atoms with Crippen LogP contribution in [-0.2, 0) is 17.8 Å². The maximum absolute atomic E-state index is 5.80. The zero-order valence-electron chi connectivity index (χ0n) is 11.9. The highest BCUT2D eigenvalue weighted by molar-refractivity contribution is 5.07. The van der Waals surface area contributed by atoms with Crippen LogP contribution in [-0.4, -0.2) is 38.3 Å². The normalized spacial score (nSPS) is 11.3. The number of hydrogen-bond acceptors (Lipinski definition) is 4. The van der Waals surface area contributed by atoms with Crippen LogP contribution in [0.2, 0.25) is 0 Å². The van der Waals surface area contributed by atoms with E-state index in [1.807, 2.05) is 0 Å². The predicted molar refractivity (Wildman–Crippen MR) is 73.5 cm³/mol. The van der Waals surface area contributed by atoms with Crippen LogP contribution in [0, 0.1) is 0 Å². The predicted octanol–water partition coefficient (Wildman–Crippen LogP) is 2.25. The molecule has 0 bridgehead atoms. The van der Waals surface area contributed by atoms with Gasteiger partial charge in [0.25, 0.3) is 0 Å². The molecule has 0 aliphatic rings. The molecule has 104 valence electrons. The third-order valence-corrected chi connectivity index (χ3v) is 2.88. The summed E-state index contributed by atoms with van der Waals surface area (Å²) in [5.41, 5.74) is 0. The first kappa shape index (κ1) is 15.2. The molecule has 0 unspecified atom stereocenters. The van der Waals surface area contributed by atoms with Crippen molar-refractivity contribution in [1.82, 2.24) is 10.2 Å². The summed E-state index contributed by atoms with van der Waals surface area (Å²) in [4.78, 5) is 2.31. The Bertz CT molecular complexity index is 312. The summed E-state index contributed by atoms with van der Waals surface area (Å²) >= 11 is 0. The molecule has 0 atom stereocenters. The van der Waals surface area contributed by atoms with Gasteiger partial charge in [0.05, 0.1) is 19.7 Å². The minimum atomic E-state index is 0.763. The van der Waals surface area contributed by atoms with Gasteiger partial charge < -0.3 is 14.5 Å². The topological polar surface area (TPSA) is 37.6 Å². The van der Waals surface area contributed by atoms with Gasteiger partial charge in [-0.3, -0.25) is 4.90 Å². The van der Waals surface area contributed by atoms with Crippen LogP contribution < -0.4 is 5.32 Å². The second kappa shape index (κ2) is 9.14. The Morgan fingerprint density at radius 2 is 2.06 bits per heavy atom. The smallest absolute Gasteiger partial charge is 0.118 e. The zero-order valence-corrected chi connectivity index (χ0v) is 11.9. The monoisotopic (exact) mass is 254 g/mol. The highest BCUT2D eigenvalue weighted by atomic mass is 16.5. The molecule has 4 heteroatoms. The SMILES string of the molecule is CCCNCc1ccc(CN(CC)CCOC)o1. The lowest BCUT2D eigenvalue weighted by Crippen LogP contribution is -2.26. The number of nitrogens with one attached hydrogen (secondary N) is 1. The summed E-state index contributed by atoms with van der Waals surface area (Å²) in [6.07, 6.45) is 1.15. The molecule has 0 aliphatic carbocycles. The molecule has 1 aromatic heterocycles. The van der Waals surface area contributed by atoms with Gasteiger partial charge in [0, 0.05) is 13.7 Å². The van der Waals surface area contributed by atoms with Crippen LogP contribution in [0.5, 0.6) is 0 Å². The number of nitrogens with zero attached hydrogens (tertiary/aromatic N) is 1. The fraction of sp³-hybridized carbons (Fsp3) is 0.714. The molecule has 18 heavy (non-hydrogen) atoms. The van der Waals surface area contributed by atoms with Crippen LogP contribution in [0.3, 0.4) is 0 Å². The van der Waals surface area contributed by atoms with Gasteiger partial charge in [-0.1, -0.05) is 13.8 Å². The van der Waals surface area contributed by atoms with Crippen molar-refractivity contribution in [2.24, 2.45) is 0 Å². The highest BCUT2D eigenvalue weighted by Gasteiger charge is 2.07. The van der Waals surface area contributed by atoms with E-state index in [0.717, 1.165) is 57.3 Å². The lowest BCUT2D eigenvalue weighted by atomic mass is 10.3. The first-order valence-electron chi connectivity index (χ1n) is 6.79. The molecule has 0 saturated carbocycles. The quantitative estimate of drug-likeness (QED) is 0.650. The van der Waals surface area contributed by atoms with Crippen molar-refractivity contribution < 1.29 is 9.15 Å². The van der Waals surface area contributed by atoms with E-state index in [9.17, 15) is 0 Å². The average molecular weight is 254 g/mol. The maximum atomic E-state index is 5.80. The molecule has 0 radical (unpaired) electrons. The highest BCUT2D eigenvalue weighted by Crippen LogP contribution is 2.10. The third-order valence-electron chi connectivity index (χ3n) is 2.88. The van der Waals surface area contributed by atoms with Crippen molar-refractivity contribution >= 4 is 0 Å². The minimum Gasteiger partial charge on any atom is -0.463 e. The van der Waals surface area contributed by atoms with E-state index < -0.39 is 0 Å². The number of methoxy groups -OCH3 is 1. The van der Waals surface area contributed by atoms with Gasteiger partial charge in [-0.05, 0) is 31.6 Å². The Hall–Kier alpha value is -0.840. The summed E-state index contributed by atoms with van der Waals surface area (Å²) in [5.74, 6) is 2.04. The largest absolute Gasteiger partial charge is 0.463 e. The second-order valence-electron chi connectivity index (χ2n) is 4.41. The van der Waals surface area contributed by atoms with Crippen molar-refractivity contribution in [3.05, 3.63) is 23.7 Å². The summed E-state index contributed by atoms with van der Waals surface area (Å²) in [5, 5.41) is 3.34. The Morgan fingerprint density at radius 3 is 2.72 bits per heavy atom. The van der Waals surface area contributed by atoms with E-state index in [4.69, 9.17) is 9.15 Å². The van der Waals surface area contributed by atoms with E-state index in [2.05, 4.69) is 36.2 Å².